The summed E-state index contributed by atoms with van der Waals surface area (Å²) in [5.41, 5.74) is 4.74. The molecule has 0 spiro atoms. The quantitative estimate of drug-likeness (QED) is 0.836. The zero-order valence-corrected chi connectivity index (χ0v) is 12.8. The van der Waals surface area contributed by atoms with Gasteiger partial charge >= 0.3 is 0 Å². The lowest BCUT2D eigenvalue weighted by Gasteiger charge is -2.24. The van der Waals surface area contributed by atoms with Crippen molar-refractivity contribution in [1.82, 2.24) is 10.1 Å². The maximum absolute atomic E-state index is 5.36. The summed E-state index contributed by atoms with van der Waals surface area (Å²) in [6.45, 7) is 7.23. The Balaban J connectivity index is 2.16. The van der Waals surface area contributed by atoms with Gasteiger partial charge in [0.15, 0.2) is 0 Å². The molecule has 108 valence electrons. The molecule has 2 aromatic rings. The summed E-state index contributed by atoms with van der Waals surface area (Å²) in [6.07, 6.45) is 1.61. The molecule has 20 heavy (non-hydrogen) atoms. The van der Waals surface area contributed by atoms with Crippen LogP contribution in [-0.4, -0.2) is 24.2 Å². The van der Waals surface area contributed by atoms with Gasteiger partial charge < -0.3 is 9.26 Å². The van der Waals surface area contributed by atoms with Crippen LogP contribution < -0.4 is 4.74 Å². The smallest absolute Gasteiger partial charge is 0.124 e. The van der Waals surface area contributed by atoms with Gasteiger partial charge in [-0.1, -0.05) is 11.2 Å². The number of methoxy groups -OCH3 is 1. The summed E-state index contributed by atoms with van der Waals surface area (Å²) < 4.78 is 10.3. The number of nitrogens with zero attached hydrogens (tertiary/aromatic N) is 2. The lowest BCUT2D eigenvalue weighted by atomic mass is 10.0. The van der Waals surface area contributed by atoms with Crippen LogP contribution in [0.1, 0.15) is 35.3 Å². The van der Waals surface area contributed by atoms with E-state index < -0.39 is 0 Å². The summed E-state index contributed by atoms with van der Waals surface area (Å²) in [4.78, 5) is 2.26. The van der Waals surface area contributed by atoms with Crippen LogP contribution in [0.15, 0.2) is 29.0 Å². The van der Waals surface area contributed by atoms with Crippen molar-refractivity contribution in [2.45, 2.75) is 33.4 Å². The van der Waals surface area contributed by atoms with Crippen molar-refractivity contribution in [2.24, 2.45) is 0 Å². The molecule has 4 heteroatoms. The molecule has 0 radical (unpaired) electrons. The third kappa shape index (κ3) is 2.85. The molecule has 0 aliphatic heterocycles. The average molecular weight is 274 g/mol. The number of benzene rings is 1. The Morgan fingerprint density at radius 3 is 2.60 bits per heavy atom. The highest BCUT2D eigenvalue weighted by atomic mass is 16.5. The summed E-state index contributed by atoms with van der Waals surface area (Å²) in [6, 6.07) is 6.29. The van der Waals surface area contributed by atoms with Gasteiger partial charge in [0.05, 0.1) is 13.2 Å². The van der Waals surface area contributed by atoms with Crippen LogP contribution in [0.2, 0.25) is 0 Å². The molecule has 1 aromatic heterocycles. The molecule has 0 amide bonds. The van der Waals surface area contributed by atoms with E-state index in [0.717, 1.165) is 18.0 Å². The van der Waals surface area contributed by atoms with Crippen LogP contribution in [0, 0.1) is 13.8 Å². The third-order valence-electron chi connectivity index (χ3n) is 4.04. The molecular formula is C16H22N2O2. The van der Waals surface area contributed by atoms with Gasteiger partial charge in [-0.15, -0.1) is 0 Å². The molecule has 0 N–H and O–H groups in total. The van der Waals surface area contributed by atoms with E-state index in [1.807, 2.05) is 12.1 Å². The topological polar surface area (TPSA) is 38.5 Å². The van der Waals surface area contributed by atoms with Gasteiger partial charge in [-0.25, -0.2) is 0 Å². The molecule has 1 heterocycles. The maximum atomic E-state index is 5.36. The summed E-state index contributed by atoms with van der Waals surface area (Å²) >= 11 is 0. The number of hydrogen-bond donors (Lipinski definition) is 0. The van der Waals surface area contributed by atoms with E-state index in [1.54, 1.807) is 13.4 Å². The van der Waals surface area contributed by atoms with E-state index in [-0.39, 0.29) is 6.04 Å². The van der Waals surface area contributed by atoms with E-state index in [0.29, 0.717) is 0 Å². The van der Waals surface area contributed by atoms with Crippen LogP contribution in [-0.2, 0) is 6.54 Å². The summed E-state index contributed by atoms with van der Waals surface area (Å²) in [7, 11) is 3.80. The molecule has 1 aromatic carbocycles. The minimum Gasteiger partial charge on any atom is -0.496 e. The number of aromatic nitrogens is 1. The second kappa shape index (κ2) is 6.09. The highest BCUT2D eigenvalue weighted by Gasteiger charge is 2.16. The van der Waals surface area contributed by atoms with E-state index in [9.17, 15) is 0 Å². The van der Waals surface area contributed by atoms with Crippen molar-refractivity contribution in [2.75, 3.05) is 14.2 Å². The summed E-state index contributed by atoms with van der Waals surface area (Å²) in [5, 5.41) is 4.01. The maximum Gasteiger partial charge on any atom is 0.124 e. The Kier molecular flexibility index (Phi) is 4.45. The fourth-order valence-corrected chi connectivity index (χ4v) is 2.31. The van der Waals surface area contributed by atoms with E-state index in [2.05, 4.69) is 43.9 Å². The third-order valence-corrected chi connectivity index (χ3v) is 4.04. The molecule has 0 aliphatic carbocycles. The van der Waals surface area contributed by atoms with Gasteiger partial charge in [0, 0.05) is 12.6 Å². The van der Waals surface area contributed by atoms with Gasteiger partial charge in [-0.2, -0.15) is 0 Å². The van der Waals surface area contributed by atoms with Crippen molar-refractivity contribution in [1.29, 1.82) is 0 Å². The molecule has 0 saturated carbocycles. The predicted octanol–water partition coefficient (Wildman–Crippen LogP) is 3.49. The van der Waals surface area contributed by atoms with Crippen molar-refractivity contribution < 1.29 is 9.26 Å². The molecule has 0 saturated heterocycles. The molecule has 0 aliphatic rings. The molecule has 2 rings (SSSR count). The van der Waals surface area contributed by atoms with Crippen molar-refractivity contribution >= 4 is 0 Å². The Morgan fingerprint density at radius 1 is 1.25 bits per heavy atom. The van der Waals surface area contributed by atoms with Crippen LogP contribution in [0.5, 0.6) is 5.75 Å². The lowest BCUT2D eigenvalue weighted by Crippen LogP contribution is -2.22. The van der Waals surface area contributed by atoms with Gasteiger partial charge in [0.2, 0.25) is 0 Å². The molecule has 1 atom stereocenters. The first-order valence-electron chi connectivity index (χ1n) is 6.78. The Hall–Kier alpha value is -1.81. The van der Waals surface area contributed by atoms with Crippen molar-refractivity contribution in [3.8, 4) is 5.75 Å². The van der Waals surface area contributed by atoms with Crippen LogP contribution >= 0.6 is 0 Å². The Morgan fingerprint density at radius 2 is 2.00 bits per heavy atom. The second-order valence-electron chi connectivity index (χ2n) is 5.19. The number of rotatable bonds is 5. The molecule has 0 fully saturated rings. The van der Waals surface area contributed by atoms with Gasteiger partial charge in [0.1, 0.15) is 17.7 Å². The Labute approximate surface area is 120 Å². The van der Waals surface area contributed by atoms with Gasteiger partial charge in [0.25, 0.3) is 0 Å². The highest BCUT2D eigenvalue weighted by molar-refractivity contribution is 5.43. The van der Waals surface area contributed by atoms with Crippen LogP contribution in [0.3, 0.4) is 0 Å². The van der Waals surface area contributed by atoms with Crippen LogP contribution in [0.4, 0.5) is 0 Å². The average Bonchev–Trinajstić information content (AvgIpc) is 2.97. The molecular weight excluding hydrogens is 252 g/mol. The normalized spacial score (nSPS) is 12.7. The largest absolute Gasteiger partial charge is 0.496 e. The zero-order chi connectivity index (χ0) is 14.7. The van der Waals surface area contributed by atoms with Gasteiger partial charge in [-0.3, -0.25) is 4.90 Å². The van der Waals surface area contributed by atoms with Gasteiger partial charge in [-0.05, 0) is 50.6 Å². The van der Waals surface area contributed by atoms with Crippen molar-refractivity contribution in [3.05, 3.63) is 46.8 Å². The predicted molar refractivity (Wildman–Crippen MR) is 78.9 cm³/mol. The molecule has 4 nitrogen and oxygen atoms in total. The standard InChI is InChI=1S/C16H22N2O2/c1-11-12(2)16(19-5)7-6-14(11)10-18(4)13(3)15-8-9-20-17-15/h6-9,13H,10H2,1-5H3/t13-/m1/s1. The first-order chi connectivity index (χ1) is 9.54. The zero-order valence-electron chi connectivity index (χ0n) is 12.8. The van der Waals surface area contributed by atoms with E-state index in [4.69, 9.17) is 9.26 Å². The van der Waals surface area contributed by atoms with E-state index >= 15 is 0 Å². The fraction of sp³-hybridized carbons (Fsp3) is 0.438. The minimum absolute atomic E-state index is 0.218. The first kappa shape index (κ1) is 14.6. The van der Waals surface area contributed by atoms with E-state index in [1.165, 1.54) is 16.7 Å². The number of ether oxygens (including phenoxy) is 1. The molecule has 0 bridgehead atoms. The minimum atomic E-state index is 0.218. The van der Waals surface area contributed by atoms with Crippen LogP contribution in [0.25, 0.3) is 0 Å². The molecule has 0 unspecified atom stereocenters. The number of hydrogen-bond acceptors (Lipinski definition) is 4. The Bertz CT molecular complexity index is 564. The lowest BCUT2D eigenvalue weighted by molar-refractivity contribution is 0.240. The second-order valence-corrected chi connectivity index (χ2v) is 5.19. The first-order valence-corrected chi connectivity index (χ1v) is 6.78. The van der Waals surface area contributed by atoms with Crippen molar-refractivity contribution in [3.63, 3.8) is 0 Å². The fourth-order valence-electron chi connectivity index (χ4n) is 2.31. The summed E-state index contributed by atoms with van der Waals surface area (Å²) in [5.74, 6) is 0.943. The highest BCUT2D eigenvalue weighted by Crippen LogP contribution is 2.26. The monoisotopic (exact) mass is 274 g/mol. The SMILES string of the molecule is COc1ccc(CN(C)[C@H](C)c2ccon2)c(C)c1C.